The first-order valence-electron chi connectivity index (χ1n) is 11.6. The van der Waals surface area contributed by atoms with Crippen LogP contribution in [0.25, 0.3) is 11.1 Å². The number of halogens is 2. The second kappa shape index (κ2) is 10.9. The molecule has 4 rings (SSSR count). The van der Waals surface area contributed by atoms with Crippen molar-refractivity contribution in [2.75, 3.05) is 0 Å². The number of carboxylic acids is 1. The minimum Gasteiger partial charge on any atom is -0.478 e. The highest BCUT2D eigenvalue weighted by Gasteiger charge is 2.25. The average Bonchev–Trinajstić information content (AvgIpc) is 2.87. The fourth-order valence-corrected chi connectivity index (χ4v) is 4.68. The van der Waals surface area contributed by atoms with Gasteiger partial charge < -0.3 is 9.67 Å². The summed E-state index contributed by atoms with van der Waals surface area (Å²) >= 11 is 5.99. The van der Waals surface area contributed by atoms with Gasteiger partial charge in [-0.05, 0) is 77.1 Å². The highest BCUT2D eigenvalue weighted by atomic mass is 35.5. The van der Waals surface area contributed by atoms with Crippen molar-refractivity contribution in [1.82, 2.24) is 4.57 Å². The second-order valence-corrected chi connectivity index (χ2v) is 9.38. The summed E-state index contributed by atoms with van der Waals surface area (Å²) in [5, 5.41) is 12.8. The van der Waals surface area contributed by atoms with Crippen LogP contribution >= 0.6 is 11.6 Å². The predicted octanol–water partition coefficient (Wildman–Crippen LogP) is 6.88. The molecule has 6 nitrogen and oxygen atoms in total. The van der Waals surface area contributed by atoms with Gasteiger partial charge in [-0.2, -0.15) is 4.91 Å². The number of hydrogen-bond donors (Lipinski definition) is 1. The van der Waals surface area contributed by atoms with E-state index in [9.17, 15) is 19.6 Å². The topological polar surface area (TPSA) is 88.7 Å². The van der Waals surface area contributed by atoms with Crippen molar-refractivity contribution in [3.8, 4) is 11.1 Å². The standard InChI is InChI=1S/C29H24ClFN2O4/c1-17-13-20(29(35)36)7-10-23(17)18-3-5-19(6-4-18)25(24-11-9-22(30)14-26(24)31)15-27(32-37)21-8-12-28(34)33(2)16-21/h3-14,16,25,27H,15H2,1-2H3,(H,35,36)/t25-,27?/m1/s1. The van der Waals surface area contributed by atoms with Crippen molar-refractivity contribution >= 4 is 17.6 Å². The van der Waals surface area contributed by atoms with Crippen molar-refractivity contribution in [3.05, 3.63) is 133 Å². The van der Waals surface area contributed by atoms with E-state index in [1.807, 2.05) is 31.2 Å². The Bertz CT molecular complexity index is 1530. The van der Waals surface area contributed by atoms with Gasteiger partial charge in [-0.15, -0.1) is 0 Å². The molecule has 37 heavy (non-hydrogen) atoms. The van der Waals surface area contributed by atoms with Crippen molar-refractivity contribution in [2.45, 2.75) is 25.3 Å². The summed E-state index contributed by atoms with van der Waals surface area (Å²) < 4.78 is 16.4. The second-order valence-electron chi connectivity index (χ2n) is 8.94. The minimum absolute atomic E-state index is 0.173. The molecule has 2 atom stereocenters. The molecule has 0 radical (unpaired) electrons. The SMILES string of the molecule is Cc1cc(C(=O)O)ccc1-c1ccc([C@@H](CC(N=O)c2ccc(=O)n(C)c2)c2ccc(Cl)cc2F)cc1. The number of aryl methyl sites for hydroxylation is 2. The van der Waals surface area contributed by atoms with E-state index < -0.39 is 23.7 Å². The van der Waals surface area contributed by atoms with Crippen LogP contribution in [0.1, 0.15) is 51.0 Å². The van der Waals surface area contributed by atoms with E-state index in [1.54, 1.807) is 49.6 Å². The fourth-order valence-electron chi connectivity index (χ4n) is 4.52. The molecule has 0 saturated heterocycles. The Morgan fingerprint density at radius 3 is 2.32 bits per heavy atom. The predicted molar refractivity (Wildman–Crippen MR) is 142 cm³/mol. The molecule has 188 valence electrons. The maximum absolute atomic E-state index is 15.1. The molecule has 0 aliphatic rings. The monoisotopic (exact) mass is 518 g/mol. The minimum atomic E-state index is -0.991. The summed E-state index contributed by atoms with van der Waals surface area (Å²) in [4.78, 5) is 35.0. The van der Waals surface area contributed by atoms with Crippen LogP contribution in [0.2, 0.25) is 5.02 Å². The summed E-state index contributed by atoms with van der Waals surface area (Å²) in [6.45, 7) is 1.84. The van der Waals surface area contributed by atoms with Gasteiger partial charge in [0.1, 0.15) is 11.9 Å². The molecule has 0 aliphatic carbocycles. The van der Waals surface area contributed by atoms with E-state index in [4.69, 9.17) is 11.6 Å². The van der Waals surface area contributed by atoms with E-state index in [-0.39, 0.29) is 22.6 Å². The molecular weight excluding hydrogens is 495 g/mol. The lowest BCUT2D eigenvalue weighted by Crippen LogP contribution is -2.16. The summed E-state index contributed by atoms with van der Waals surface area (Å²) in [6, 6.07) is 19.0. The lowest BCUT2D eigenvalue weighted by atomic mass is 9.83. The molecule has 0 bridgehead atoms. The Kier molecular flexibility index (Phi) is 7.64. The van der Waals surface area contributed by atoms with Gasteiger partial charge in [0, 0.05) is 30.3 Å². The summed E-state index contributed by atoms with van der Waals surface area (Å²) in [7, 11) is 1.59. The fraction of sp³-hybridized carbons (Fsp3) is 0.172. The van der Waals surface area contributed by atoms with E-state index in [0.29, 0.717) is 11.1 Å². The largest absolute Gasteiger partial charge is 0.478 e. The molecule has 0 fully saturated rings. The molecule has 1 unspecified atom stereocenters. The lowest BCUT2D eigenvalue weighted by Gasteiger charge is -2.22. The lowest BCUT2D eigenvalue weighted by molar-refractivity contribution is 0.0697. The van der Waals surface area contributed by atoms with Gasteiger partial charge >= 0.3 is 5.97 Å². The quantitative estimate of drug-likeness (QED) is 0.257. The Hall–Kier alpha value is -4.10. The zero-order valence-electron chi connectivity index (χ0n) is 20.2. The average molecular weight is 519 g/mol. The Morgan fingerprint density at radius 2 is 1.73 bits per heavy atom. The van der Waals surface area contributed by atoms with E-state index in [0.717, 1.165) is 22.3 Å². The first-order chi connectivity index (χ1) is 17.7. The van der Waals surface area contributed by atoms with Gasteiger partial charge in [0.25, 0.3) is 0 Å². The molecule has 1 aromatic heterocycles. The van der Waals surface area contributed by atoms with Crippen LogP contribution in [0, 0.1) is 17.6 Å². The van der Waals surface area contributed by atoms with Crippen LogP contribution < -0.4 is 5.56 Å². The van der Waals surface area contributed by atoms with Crippen LogP contribution in [-0.2, 0) is 7.05 Å². The number of rotatable bonds is 8. The first kappa shape index (κ1) is 26.0. The molecular formula is C29H24ClFN2O4. The normalized spacial score (nSPS) is 12.6. The highest BCUT2D eigenvalue weighted by Crippen LogP contribution is 2.38. The van der Waals surface area contributed by atoms with Crippen molar-refractivity contribution in [3.63, 3.8) is 0 Å². The number of nitrogens with zero attached hydrogens (tertiary/aromatic N) is 2. The highest BCUT2D eigenvalue weighted by molar-refractivity contribution is 6.30. The van der Waals surface area contributed by atoms with Gasteiger partial charge in [-0.25, -0.2) is 9.18 Å². The van der Waals surface area contributed by atoms with Crippen molar-refractivity contribution in [2.24, 2.45) is 12.2 Å². The van der Waals surface area contributed by atoms with Gasteiger partial charge in [0.15, 0.2) is 0 Å². The molecule has 0 saturated carbocycles. The zero-order chi connectivity index (χ0) is 26.7. The van der Waals surface area contributed by atoms with Crippen LogP contribution in [-0.4, -0.2) is 15.6 Å². The number of hydrogen-bond acceptors (Lipinski definition) is 4. The summed E-state index contributed by atoms with van der Waals surface area (Å²) in [5.74, 6) is -2.01. The third kappa shape index (κ3) is 5.67. The van der Waals surface area contributed by atoms with E-state index in [1.165, 1.54) is 16.7 Å². The number of carbonyl (C=O) groups is 1. The number of benzene rings is 3. The van der Waals surface area contributed by atoms with Crippen LogP contribution in [0.15, 0.2) is 89.0 Å². The summed E-state index contributed by atoms with van der Waals surface area (Å²) in [5.41, 5.74) is 4.26. The molecule has 3 aromatic carbocycles. The summed E-state index contributed by atoms with van der Waals surface area (Å²) in [6.07, 6.45) is 1.74. The Balaban J connectivity index is 1.74. The molecule has 1 heterocycles. The van der Waals surface area contributed by atoms with Crippen LogP contribution in [0.4, 0.5) is 4.39 Å². The van der Waals surface area contributed by atoms with Crippen LogP contribution in [0.5, 0.6) is 0 Å². The Morgan fingerprint density at radius 1 is 1.03 bits per heavy atom. The third-order valence-corrected chi connectivity index (χ3v) is 6.75. The molecule has 1 N–H and O–H groups in total. The van der Waals surface area contributed by atoms with Crippen molar-refractivity contribution < 1.29 is 14.3 Å². The maximum atomic E-state index is 15.1. The molecule has 0 spiro atoms. The number of nitroso groups, excluding NO2 is 1. The molecule has 0 amide bonds. The van der Waals surface area contributed by atoms with E-state index in [2.05, 4.69) is 5.18 Å². The van der Waals surface area contributed by atoms with Crippen LogP contribution in [0.3, 0.4) is 0 Å². The number of aromatic nitrogens is 1. The Labute approximate surface area is 218 Å². The van der Waals surface area contributed by atoms with E-state index >= 15 is 4.39 Å². The molecule has 4 aromatic rings. The zero-order valence-corrected chi connectivity index (χ0v) is 20.9. The molecule has 8 heteroatoms. The van der Waals surface area contributed by atoms with Crippen molar-refractivity contribution in [1.29, 1.82) is 0 Å². The first-order valence-corrected chi connectivity index (χ1v) is 11.9. The van der Waals surface area contributed by atoms with Gasteiger partial charge in [0.05, 0.1) is 5.56 Å². The number of carboxylic acid groups (broad SMARTS) is 1. The molecule has 0 aliphatic heterocycles. The van der Waals surface area contributed by atoms with Gasteiger partial charge in [-0.3, -0.25) is 4.79 Å². The van der Waals surface area contributed by atoms with Gasteiger partial charge in [-0.1, -0.05) is 53.2 Å². The smallest absolute Gasteiger partial charge is 0.335 e. The maximum Gasteiger partial charge on any atom is 0.335 e. The van der Waals surface area contributed by atoms with Gasteiger partial charge in [0.2, 0.25) is 5.56 Å². The third-order valence-electron chi connectivity index (χ3n) is 6.52. The number of pyridine rings is 1. The number of aromatic carboxylic acids is 1.